The summed E-state index contributed by atoms with van der Waals surface area (Å²) in [5.41, 5.74) is 0.563. The van der Waals surface area contributed by atoms with Gasteiger partial charge in [0.2, 0.25) is 5.88 Å². The zero-order chi connectivity index (χ0) is 10.6. The molecule has 1 N–H and O–H groups in total. The van der Waals surface area contributed by atoms with Gasteiger partial charge in [-0.25, -0.2) is 14.8 Å². The Morgan fingerprint density at radius 3 is 2.79 bits per heavy atom. The summed E-state index contributed by atoms with van der Waals surface area (Å²) in [6.07, 6.45) is 1.63. The van der Waals surface area contributed by atoms with Gasteiger partial charge >= 0.3 is 5.97 Å². The van der Waals surface area contributed by atoms with Crippen molar-refractivity contribution < 1.29 is 14.6 Å². The number of esters is 1. The molecule has 0 saturated carbocycles. The van der Waals surface area contributed by atoms with Gasteiger partial charge in [-0.05, 0) is 13.3 Å². The Hall–Kier alpha value is -1.65. The van der Waals surface area contributed by atoms with E-state index in [9.17, 15) is 9.90 Å². The van der Waals surface area contributed by atoms with Crippen LogP contribution in [-0.4, -0.2) is 27.7 Å². The van der Waals surface area contributed by atoms with Gasteiger partial charge in [0.15, 0.2) is 5.69 Å². The summed E-state index contributed by atoms with van der Waals surface area (Å²) in [5, 5.41) is 9.35. The van der Waals surface area contributed by atoms with E-state index < -0.39 is 5.97 Å². The largest absolute Gasteiger partial charge is 0.493 e. The molecular weight excluding hydrogens is 184 g/mol. The molecule has 0 aliphatic rings. The third-order valence-corrected chi connectivity index (χ3v) is 1.74. The first-order chi connectivity index (χ1) is 6.70. The molecule has 0 atom stereocenters. The molecule has 0 saturated heterocycles. The summed E-state index contributed by atoms with van der Waals surface area (Å²) in [6, 6.07) is 0. The molecule has 0 spiro atoms. The highest BCUT2D eigenvalue weighted by molar-refractivity contribution is 5.89. The number of aromatic hydroxyl groups is 1. The molecule has 0 aromatic carbocycles. The summed E-state index contributed by atoms with van der Waals surface area (Å²) in [4.78, 5) is 18.7. The van der Waals surface area contributed by atoms with Crippen molar-refractivity contribution in [2.75, 3.05) is 6.61 Å². The van der Waals surface area contributed by atoms with E-state index in [1.807, 2.05) is 0 Å². The maximum absolute atomic E-state index is 11.4. The maximum atomic E-state index is 11.4. The number of carbonyl (C=O) groups is 1. The molecule has 1 rings (SSSR count). The van der Waals surface area contributed by atoms with Gasteiger partial charge in [-0.15, -0.1) is 0 Å². The second-order valence-electron chi connectivity index (χ2n) is 2.60. The molecule has 0 aliphatic carbocycles. The number of aromatic nitrogens is 2. The number of hydrogen-bond donors (Lipinski definition) is 1. The standard InChI is InChI=1S/C9H12N2O3/c1-3-6-7(9(13)14-4-2)10-5-11-8(6)12/h5H,3-4H2,1-2H3,(H,10,11,12). The van der Waals surface area contributed by atoms with Crippen molar-refractivity contribution in [1.29, 1.82) is 0 Å². The Balaban J connectivity index is 3.07. The van der Waals surface area contributed by atoms with Crippen LogP contribution in [0.25, 0.3) is 0 Å². The summed E-state index contributed by atoms with van der Waals surface area (Å²) in [5.74, 6) is -0.687. The minimum Gasteiger partial charge on any atom is -0.493 e. The van der Waals surface area contributed by atoms with Crippen LogP contribution in [0.15, 0.2) is 6.33 Å². The molecule has 76 valence electrons. The lowest BCUT2D eigenvalue weighted by Gasteiger charge is -2.06. The normalized spacial score (nSPS) is 9.86. The molecule has 0 radical (unpaired) electrons. The second-order valence-corrected chi connectivity index (χ2v) is 2.60. The van der Waals surface area contributed by atoms with Gasteiger partial charge in [0.1, 0.15) is 6.33 Å². The number of carbonyl (C=O) groups excluding carboxylic acids is 1. The zero-order valence-electron chi connectivity index (χ0n) is 8.15. The van der Waals surface area contributed by atoms with E-state index in [2.05, 4.69) is 9.97 Å². The first kappa shape index (κ1) is 10.4. The number of ether oxygens (including phenoxy) is 1. The van der Waals surface area contributed by atoms with Crippen LogP contribution in [0.1, 0.15) is 29.9 Å². The van der Waals surface area contributed by atoms with Gasteiger partial charge in [0.05, 0.1) is 6.61 Å². The first-order valence-electron chi connectivity index (χ1n) is 4.40. The Kier molecular flexibility index (Phi) is 3.39. The fourth-order valence-electron chi connectivity index (χ4n) is 1.10. The van der Waals surface area contributed by atoms with Crippen LogP contribution in [0.5, 0.6) is 5.88 Å². The predicted molar refractivity (Wildman–Crippen MR) is 49.0 cm³/mol. The monoisotopic (exact) mass is 196 g/mol. The van der Waals surface area contributed by atoms with Crippen molar-refractivity contribution in [3.63, 3.8) is 0 Å². The van der Waals surface area contributed by atoms with Crippen molar-refractivity contribution in [2.24, 2.45) is 0 Å². The maximum Gasteiger partial charge on any atom is 0.357 e. The predicted octanol–water partition coefficient (Wildman–Crippen LogP) is 0.921. The fraction of sp³-hybridized carbons (Fsp3) is 0.444. The molecule has 5 heteroatoms. The third-order valence-electron chi connectivity index (χ3n) is 1.74. The van der Waals surface area contributed by atoms with Crippen LogP contribution in [0, 0.1) is 0 Å². The highest BCUT2D eigenvalue weighted by Crippen LogP contribution is 2.17. The molecule has 0 unspecified atom stereocenters. The van der Waals surface area contributed by atoms with Crippen LogP contribution >= 0.6 is 0 Å². The van der Waals surface area contributed by atoms with E-state index >= 15 is 0 Å². The molecule has 0 fully saturated rings. The van der Waals surface area contributed by atoms with E-state index in [-0.39, 0.29) is 18.2 Å². The topological polar surface area (TPSA) is 72.3 Å². The van der Waals surface area contributed by atoms with Crippen LogP contribution in [-0.2, 0) is 11.2 Å². The van der Waals surface area contributed by atoms with Crippen molar-refractivity contribution in [3.05, 3.63) is 17.6 Å². The van der Waals surface area contributed by atoms with E-state index in [1.165, 1.54) is 0 Å². The molecule has 14 heavy (non-hydrogen) atoms. The lowest BCUT2D eigenvalue weighted by Crippen LogP contribution is -2.11. The van der Waals surface area contributed by atoms with Gasteiger partial charge in [0, 0.05) is 5.56 Å². The Labute approximate surface area is 81.8 Å². The number of hydrogen-bond acceptors (Lipinski definition) is 5. The minimum atomic E-state index is -0.526. The molecule has 1 aromatic heterocycles. The summed E-state index contributed by atoms with van der Waals surface area (Å²) in [6.45, 7) is 3.80. The number of rotatable bonds is 3. The average Bonchev–Trinajstić information content (AvgIpc) is 2.17. The SMILES string of the molecule is CCOC(=O)c1ncnc(O)c1CC. The Morgan fingerprint density at radius 1 is 1.50 bits per heavy atom. The highest BCUT2D eigenvalue weighted by atomic mass is 16.5. The van der Waals surface area contributed by atoms with Crippen molar-refractivity contribution in [2.45, 2.75) is 20.3 Å². The molecule has 1 heterocycles. The third kappa shape index (κ3) is 1.99. The van der Waals surface area contributed by atoms with E-state index in [0.717, 1.165) is 6.33 Å². The van der Waals surface area contributed by atoms with Crippen molar-refractivity contribution >= 4 is 5.97 Å². The van der Waals surface area contributed by atoms with Crippen molar-refractivity contribution in [3.8, 4) is 5.88 Å². The Morgan fingerprint density at radius 2 is 2.21 bits per heavy atom. The summed E-state index contributed by atoms with van der Waals surface area (Å²) >= 11 is 0. The first-order valence-corrected chi connectivity index (χ1v) is 4.40. The van der Waals surface area contributed by atoms with Crippen LogP contribution in [0.3, 0.4) is 0 Å². The van der Waals surface area contributed by atoms with Gasteiger partial charge < -0.3 is 9.84 Å². The molecule has 0 aliphatic heterocycles. The lowest BCUT2D eigenvalue weighted by molar-refractivity contribution is 0.0517. The van der Waals surface area contributed by atoms with Gasteiger partial charge in [0.25, 0.3) is 0 Å². The van der Waals surface area contributed by atoms with E-state index in [0.29, 0.717) is 12.0 Å². The molecular formula is C9H12N2O3. The van der Waals surface area contributed by atoms with Gasteiger partial charge in [-0.3, -0.25) is 0 Å². The molecule has 0 amide bonds. The minimum absolute atomic E-state index is 0.141. The van der Waals surface area contributed by atoms with Gasteiger partial charge in [-0.2, -0.15) is 0 Å². The lowest BCUT2D eigenvalue weighted by atomic mass is 10.2. The van der Waals surface area contributed by atoms with Crippen LogP contribution < -0.4 is 0 Å². The number of nitrogens with zero attached hydrogens (tertiary/aromatic N) is 2. The average molecular weight is 196 g/mol. The van der Waals surface area contributed by atoms with E-state index in [4.69, 9.17) is 4.74 Å². The smallest absolute Gasteiger partial charge is 0.357 e. The summed E-state index contributed by atoms with van der Waals surface area (Å²) in [7, 11) is 0. The Bertz CT molecular complexity index is 339. The molecule has 5 nitrogen and oxygen atoms in total. The summed E-state index contributed by atoms with van der Waals surface area (Å²) < 4.78 is 4.79. The zero-order valence-corrected chi connectivity index (χ0v) is 8.15. The van der Waals surface area contributed by atoms with Gasteiger partial charge in [-0.1, -0.05) is 6.92 Å². The van der Waals surface area contributed by atoms with E-state index in [1.54, 1.807) is 13.8 Å². The quantitative estimate of drug-likeness (QED) is 0.728. The van der Waals surface area contributed by atoms with Crippen LogP contribution in [0.2, 0.25) is 0 Å². The highest BCUT2D eigenvalue weighted by Gasteiger charge is 2.16. The second kappa shape index (κ2) is 4.55. The molecule has 0 bridgehead atoms. The van der Waals surface area contributed by atoms with Crippen LogP contribution in [0.4, 0.5) is 0 Å². The van der Waals surface area contributed by atoms with Crippen molar-refractivity contribution in [1.82, 2.24) is 9.97 Å². The molecule has 1 aromatic rings. The fourth-order valence-corrected chi connectivity index (χ4v) is 1.10.